The van der Waals surface area contributed by atoms with E-state index in [9.17, 15) is 14.0 Å². The fraction of sp³-hybridized carbons (Fsp3) is 0.130. The number of hydrogen-bond acceptors (Lipinski definition) is 6. The van der Waals surface area contributed by atoms with E-state index in [0.29, 0.717) is 21.8 Å². The fourth-order valence-corrected chi connectivity index (χ4v) is 3.93. The van der Waals surface area contributed by atoms with Crippen LogP contribution >= 0.6 is 11.8 Å². The van der Waals surface area contributed by atoms with Crippen molar-refractivity contribution in [2.45, 2.75) is 11.7 Å². The lowest BCUT2D eigenvalue weighted by atomic mass is 10.1. The Morgan fingerprint density at radius 3 is 2.55 bits per heavy atom. The minimum atomic E-state index is -0.403. The molecule has 0 amide bonds. The third-order valence-electron chi connectivity index (χ3n) is 4.69. The Hall–Kier alpha value is -3.52. The standard InChI is InChI=1S/C23H18FN3O3S/c1-30-18-10-4-15(5-11-18)13-27-22(29)19-3-2-12-25-21(19)26-23(27)31-14-20(28)16-6-8-17(24)9-7-16/h2-12H,13-14H2,1H3. The Kier molecular flexibility index (Phi) is 6.08. The molecule has 2 aromatic heterocycles. The van der Waals surface area contributed by atoms with Gasteiger partial charge in [-0.25, -0.2) is 14.4 Å². The maximum atomic E-state index is 13.1. The molecule has 0 bridgehead atoms. The number of thioether (sulfide) groups is 1. The van der Waals surface area contributed by atoms with Gasteiger partial charge in [-0.2, -0.15) is 0 Å². The molecule has 4 rings (SSSR count). The lowest BCUT2D eigenvalue weighted by Crippen LogP contribution is -2.24. The number of fused-ring (bicyclic) bond motifs is 1. The van der Waals surface area contributed by atoms with Gasteiger partial charge < -0.3 is 4.74 Å². The van der Waals surface area contributed by atoms with Crippen LogP contribution in [-0.2, 0) is 6.54 Å². The van der Waals surface area contributed by atoms with Gasteiger partial charge in [0.2, 0.25) is 0 Å². The van der Waals surface area contributed by atoms with E-state index >= 15 is 0 Å². The van der Waals surface area contributed by atoms with Gasteiger partial charge in [-0.15, -0.1) is 0 Å². The molecule has 0 spiro atoms. The van der Waals surface area contributed by atoms with Crippen LogP contribution < -0.4 is 10.3 Å². The summed E-state index contributed by atoms with van der Waals surface area (Å²) in [6.45, 7) is 0.285. The van der Waals surface area contributed by atoms with Crippen LogP contribution in [0.5, 0.6) is 5.75 Å². The first-order chi connectivity index (χ1) is 15.0. The average molecular weight is 435 g/mol. The van der Waals surface area contributed by atoms with Gasteiger partial charge in [-0.3, -0.25) is 14.2 Å². The van der Waals surface area contributed by atoms with Crippen molar-refractivity contribution in [1.29, 1.82) is 0 Å². The molecule has 2 aromatic carbocycles. The van der Waals surface area contributed by atoms with E-state index < -0.39 is 5.82 Å². The van der Waals surface area contributed by atoms with Crippen LogP contribution in [-0.4, -0.2) is 33.2 Å². The van der Waals surface area contributed by atoms with Gasteiger partial charge in [0.1, 0.15) is 11.6 Å². The van der Waals surface area contributed by atoms with Crippen molar-refractivity contribution in [3.8, 4) is 5.75 Å². The zero-order valence-corrected chi connectivity index (χ0v) is 17.4. The van der Waals surface area contributed by atoms with Gasteiger partial charge in [0.15, 0.2) is 16.6 Å². The molecular formula is C23H18FN3O3S. The van der Waals surface area contributed by atoms with E-state index in [2.05, 4.69) is 9.97 Å². The Morgan fingerprint density at radius 2 is 1.84 bits per heavy atom. The highest BCUT2D eigenvalue weighted by Gasteiger charge is 2.15. The summed E-state index contributed by atoms with van der Waals surface area (Å²) in [6, 6.07) is 16.1. The van der Waals surface area contributed by atoms with Gasteiger partial charge in [0.25, 0.3) is 5.56 Å². The van der Waals surface area contributed by atoms with Crippen LogP contribution in [0.3, 0.4) is 0 Å². The molecule has 0 radical (unpaired) electrons. The Balaban J connectivity index is 1.66. The van der Waals surface area contributed by atoms with Crippen molar-refractivity contribution in [1.82, 2.24) is 14.5 Å². The molecule has 0 saturated heterocycles. The minimum absolute atomic E-state index is 0.0546. The first-order valence-electron chi connectivity index (χ1n) is 9.45. The molecule has 31 heavy (non-hydrogen) atoms. The molecule has 0 fully saturated rings. The molecular weight excluding hydrogens is 417 g/mol. The van der Waals surface area contributed by atoms with E-state index in [-0.39, 0.29) is 23.6 Å². The van der Waals surface area contributed by atoms with E-state index in [1.54, 1.807) is 25.4 Å². The van der Waals surface area contributed by atoms with Crippen LogP contribution in [0, 0.1) is 5.82 Å². The van der Waals surface area contributed by atoms with Crippen molar-refractivity contribution >= 4 is 28.6 Å². The molecule has 156 valence electrons. The monoisotopic (exact) mass is 435 g/mol. The lowest BCUT2D eigenvalue weighted by Gasteiger charge is -2.13. The molecule has 0 unspecified atom stereocenters. The molecule has 4 aromatic rings. The molecule has 6 nitrogen and oxygen atoms in total. The summed E-state index contributed by atoms with van der Waals surface area (Å²) >= 11 is 1.15. The number of Topliss-reactive ketones (excluding diaryl/α,β-unsaturated/α-hetero) is 1. The highest BCUT2D eigenvalue weighted by Crippen LogP contribution is 2.20. The second-order valence-corrected chi connectivity index (χ2v) is 7.67. The zero-order valence-electron chi connectivity index (χ0n) is 16.6. The topological polar surface area (TPSA) is 74.1 Å². The third-order valence-corrected chi connectivity index (χ3v) is 5.67. The summed E-state index contributed by atoms with van der Waals surface area (Å²) in [6.07, 6.45) is 1.57. The van der Waals surface area contributed by atoms with E-state index in [1.807, 2.05) is 24.3 Å². The van der Waals surface area contributed by atoms with Crippen molar-refractivity contribution in [3.63, 3.8) is 0 Å². The number of carbonyl (C=O) groups excluding carboxylic acids is 1. The van der Waals surface area contributed by atoms with Gasteiger partial charge in [-0.05, 0) is 54.1 Å². The molecule has 0 aliphatic carbocycles. The van der Waals surface area contributed by atoms with Gasteiger partial charge in [-0.1, -0.05) is 23.9 Å². The second kappa shape index (κ2) is 9.09. The molecule has 2 heterocycles. The number of methoxy groups -OCH3 is 1. The van der Waals surface area contributed by atoms with Gasteiger partial charge in [0.05, 0.1) is 24.8 Å². The first-order valence-corrected chi connectivity index (χ1v) is 10.4. The minimum Gasteiger partial charge on any atom is -0.497 e. The molecule has 0 atom stereocenters. The number of hydrogen-bond donors (Lipinski definition) is 0. The summed E-state index contributed by atoms with van der Waals surface area (Å²) in [5.41, 5.74) is 1.39. The normalized spacial score (nSPS) is 10.9. The molecule has 0 aliphatic rings. The van der Waals surface area contributed by atoms with Crippen molar-refractivity contribution < 1.29 is 13.9 Å². The van der Waals surface area contributed by atoms with Gasteiger partial charge in [0, 0.05) is 11.8 Å². The first kappa shape index (κ1) is 20.7. The van der Waals surface area contributed by atoms with Crippen LogP contribution in [0.25, 0.3) is 11.0 Å². The number of halogens is 1. The SMILES string of the molecule is COc1ccc(Cn2c(SCC(=O)c3ccc(F)cc3)nc3ncccc3c2=O)cc1. The largest absolute Gasteiger partial charge is 0.497 e. The Bertz CT molecular complexity index is 1290. The highest BCUT2D eigenvalue weighted by molar-refractivity contribution is 7.99. The van der Waals surface area contributed by atoms with Crippen LogP contribution in [0.4, 0.5) is 4.39 Å². The predicted octanol–water partition coefficient (Wildman–Crippen LogP) is 3.96. The molecule has 0 aliphatic heterocycles. The van der Waals surface area contributed by atoms with E-state index in [0.717, 1.165) is 23.1 Å². The molecule has 0 N–H and O–H groups in total. The number of pyridine rings is 1. The fourth-order valence-electron chi connectivity index (χ4n) is 3.05. The van der Waals surface area contributed by atoms with Crippen LogP contribution in [0.1, 0.15) is 15.9 Å². The second-order valence-electron chi connectivity index (χ2n) is 6.73. The van der Waals surface area contributed by atoms with E-state index in [1.165, 1.54) is 28.8 Å². The molecule has 8 heteroatoms. The quantitative estimate of drug-likeness (QED) is 0.249. The number of benzene rings is 2. The summed E-state index contributed by atoms with van der Waals surface area (Å²) in [4.78, 5) is 34.4. The predicted molar refractivity (Wildman–Crippen MR) is 117 cm³/mol. The summed E-state index contributed by atoms with van der Waals surface area (Å²) in [5.74, 6) is 0.187. The van der Waals surface area contributed by atoms with Crippen molar-refractivity contribution in [2.75, 3.05) is 12.9 Å². The number of ketones is 1. The number of ether oxygens (including phenoxy) is 1. The number of rotatable bonds is 7. The molecule has 0 saturated carbocycles. The van der Waals surface area contributed by atoms with Crippen molar-refractivity contribution in [3.05, 3.63) is 94.2 Å². The summed E-state index contributed by atoms with van der Waals surface area (Å²) < 4.78 is 19.8. The summed E-state index contributed by atoms with van der Waals surface area (Å²) in [5, 5.41) is 0.799. The number of nitrogens with zero attached hydrogens (tertiary/aromatic N) is 3. The third kappa shape index (κ3) is 4.64. The highest BCUT2D eigenvalue weighted by atomic mass is 32.2. The van der Waals surface area contributed by atoms with Crippen LogP contribution in [0.15, 0.2) is 76.8 Å². The maximum Gasteiger partial charge on any atom is 0.263 e. The lowest BCUT2D eigenvalue weighted by molar-refractivity contribution is 0.102. The average Bonchev–Trinajstić information content (AvgIpc) is 2.80. The Labute approximate surface area is 181 Å². The summed E-state index contributed by atoms with van der Waals surface area (Å²) in [7, 11) is 1.59. The van der Waals surface area contributed by atoms with Gasteiger partial charge >= 0.3 is 0 Å². The van der Waals surface area contributed by atoms with E-state index in [4.69, 9.17) is 4.74 Å². The van der Waals surface area contributed by atoms with Crippen LogP contribution in [0.2, 0.25) is 0 Å². The smallest absolute Gasteiger partial charge is 0.263 e. The maximum absolute atomic E-state index is 13.1. The Morgan fingerprint density at radius 1 is 1.10 bits per heavy atom. The number of aromatic nitrogens is 3. The number of carbonyl (C=O) groups is 1. The zero-order chi connectivity index (χ0) is 21.8. The van der Waals surface area contributed by atoms with Crippen molar-refractivity contribution in [2.24, 2.45) is 0 Å².